The number of benzene rings is 1. The molecule has 0 N–H and O–H groups in total. The van der Waals surface area contributed by atoms with Gasteiger partial charge in [0.2, 0.25) is 0 Å². The molecular weight excluding hydrogens is 460 g/mol. The van der Waals surface area contributed by atoms with E-state index in [0.29, 0.717) is 0 Å². The molecule has 114 valence electrons. The Hall–Kier alpha value is -0.130. The standard InChI is InChI=1S/C16H19Br3N2/c1-3-14-8-15(21(2)20-14)9-16(10-17,11-18)12-4-6-13(19)7-5-12/h4-8H,3,9-11H2,1-2H3. The molecule has 0 amide bonds. The first-order valence-corrected chi connectivity index (χ1v) is 9.98. The Morgan fingerprint density at radius 2 is 1.76 bits per heavy atom. The first-order valence-electron chi connectivity index (χ1n) is 6.94. The third-order valence-corrected chi connectivity index (χ3v) is 6.55. The van der Waals surface area contributed by atoms with Crippen LogP contribution in [0.4, 0.5) is 0 Å². The second-order valence-corrected chi connectivity index (χ2v) is 7.37. The van der Waals surface area contributed by atoms with Crippen LogP contribution in [0.3, 0.4) is 0 Å². The zero-order chi connectivity index (χ0) is 15.5. The van der Waals surface area contributed by atoms with Crippen LogP contribution in [0.15, 0.2) is 34.8 Å². The van der Waals surface area contributed by atoms with Crippen LogP contribution in [-0.4, -0.2) is 20.4 Å². The molecule has 2 aromatic rings. The van der Waals surface area contributed by atoms with Crippen LogP contribution in [0.25, 0.3) is 0 Å². The highest BCUT2D eigenvalue weighted by atomic mass is 79.9. The zero-order valence-corrected chi connectivity index (χ0v) is 17.0. The Kier molecular flexibility index (Phi) is 6.09. The predicted molar refractivity (Wildman–Crippen MR) is 99.7 cm³/mol. The Morgan fingerprint density at radius 1 is 1.14 bits per heavy atom. The van der Waals surface area contributed by atoms with Gasteiger partial charge in [0.15, 0.2) is 0 Å². The lowest BCUT2D eigenvalue weighted by Crippen LogP contribution is -2.33. The molecule has 1 aromatic heterocycles. The van der Waals surface area contributed by atoms with Gasteiger partial charge in [-0.05, 0) is 30.2 Å². The maximum absolute atomic E-state index is 4.57. The van der Waals surface area contributed by atoms with Crippen LogP contribution >= 0.6 is 47.8 Å². The Labute approximate surface area is 151 Å². The molecule has 0 saturated carbocycles. The molecule has 1 aromatic carbocycles. The van der Waals surface area contributed by atoms with Crippen molar-refractivity contribution in [3.05, 3.63) is 51.8 Å². The van der Waals surface area contributed by atoms with E-state index in [4.69, 9.17) is 0 Å². The van der Waals surface area contributed by atoms with Crippen molar-refractivity contribution in [2.45, 2.75) is 25.2 Å². The van der Waals surface area contributed by atoms with E-state index in [9.17, 15) is 0 Å². The van der Waals surface area contributed by atoms with E-state index >= 15 is 0 Å². The van der Waals surface area contributed by atoms with Crippen LogP contribution in [0.2, 0.25) is 0 Å². The van der Waals surface area contributed by atoms with Crippen molar-refractivity contribution in [1.82, 2.24) is 9.78 Å². The first-order chi connectivity index (χ1) is 10.0. The maximum Gasteiger partial charge on any atom is 0.0624 e. The fourth-order valence-corrected chi connectivity index (χ4v) is 4.68. The summed E-state index contributed by atoms with van der Waals surface area (Å²) >= 11 is 11.0. The molecule has 0 saturated heterocycles. The van der Waals surface area contributed by atoms with E-state index < -0.39 is 0 Å². The summed E-state index contributed by atoms with van der Waals surface area (Å²) in [6, 6.07) is 10.8. The normalized spacial score (nSPS) is 11.9. The summed E-state index contributed by atoms with van der Waals surface area (Å²) in [5, 5.41) is 6.37. The summed E-state index contributed by atoms with van der Waals surface area (Å²) in [6.45, 7) is 2.14. The van der Waals surface area contributed by atoms with Crippen molar-refractivity contribution in [1.29, 1.82) is 0 Å². The van der Waals surface area contributed by atoms with Crippen molar-refractivity contribution < 1.29 is 0 Å². The van der Waals surface area contributed by atoms with E-state index in [0.717, 1.165) is 33.7 Å². The number of aryl methyl sites for hydroxylation is 2. The van der Waals surface area contributed by atoms with E-state index in [1.807, 2.05) is 11.7 Å². The van der Waals surface area contributed by atoms with Crippen molar-refractivity contribution in [2.75, 3.05) is 10.7 Å². The summed E-state index contributed by atoms with van der Waals surface area (Å²) in [6.07, 6.45) is 1.93. The van der Waals surface area contributed by atoms with Gasteiger partial charge in [0.25, 0.3) is 0 Å². The topological polar surface area (TPSA) is 17.8 Å². The maximum atomic E-state index is 4.57. The quantitative estimate of drug-likeness (QED) is 0.533. The van der Waals surface area contributed by atoms with Crippen LogP contribution in [0, 0.1) is 0 Å². The van der Waals surface area contributed by atoms with Gasteiger partial charge in [-0.1, -0.05) is 66.8 Å². The van der Waals surface area contributed by atoms with Gasteiger partial charge in [-0.3, -0.25) is 4.68 Å². The lowest BCUT2D eigenvalue weighted by molar-refractivity contribution is 0.523. The van der Waals surface area contributed by atoms with Gasteiger partial charge in [-0.2, -0.15) is 5.10 Å². The molecule has 0 atom stereocenters. The van der Waals surface area contributed by atoms with Crippen molar-refractivity contribution in [2.24, 2.45) is 7.05 Å². The monoisotopic (exact) mass is 476 g/mol. The highest BCUT2D eigenvalue weighted by molar-refractivity contribution is 9.10. The molecule has 2 rings (SSSR count). The van der Waals surface area contributed by atoms with Gasteiger partial charge >= 0.3 is 0 Å². The molecular formula is C16H19Br3N2. The molecule has 0 bridgehead atoms. The number of rotatable bonds is 6. The average molecular weight is 479 g/mol. The van der Waals surface area contributed by atoms with Crippen molar-refractivity contribution >= 4 is 47.8 Å². The van der Waals surface area contributed by atoms with Crippen LogP contribution < -0.4 is 0 Å². The Balaban J connectivity index is 2.37. The fourth-order valence-electron chi connectivity index (χ4n) is 2.45. The van der Waals surface area contributed by atoms with Gasteiger partial charge in [0.05, 0.1) is 5.69 Å². The molecule has 0 aliphatic heterocycles. The van der Waals surface area contributed by atoms with E-state index in [1.165, 1.54) is 11.3 Å². The summed E-state index contributed by atoms with van der Waals surface area (Å²) in [5.41, 5.74) is 3.79. The molecule has 0 aliphatic rings. The van der Waals surface area contributed by atoms with Gasteiger partial charge in [-0.25, -0.2) is 0 Å². The van der Waals surface area contributed by atoms with Gasteiger partial charge in [0, 0.05) is 39.7 Å². The molecule has 0 aliphatic carbocycles. The minimum Gasteiger partial charge on any atom is -0.272 e. The molecule has 0 fully saturated rings. The number of aromatic nitrogens is 2. The average Bonchev–Trinajstić information content (AvgIpc) is 2.86. The third-order valence-electron chi connectivity index (χ3n) is 3.88. The van der Waals surface area contributed by atoms with Crippen LogP contribution in [0.5, 0.6) is 0 Å². The number of halogens is 3. The molecule has 5 heteroatoms. The second-order valence-electron chi connectivity index (χ2n) is 5.34. The highest BCUT2D eigenvalue weighted by Gasteiger charge is 2.31. The van der Waals surface area contributed by atoms with Crippen LogP contribution in [-0.2, 0) is 25.3 Å². The number of alkyl halides is 2. The van der Waals surface area contributed by atoms with Gasteiger partial charge < -0.3 is 0 Å². The molecule has 0 radical (unpaired) electrons. The minimum atomic E-state index is 0.0273. The Morgan fingerprint density at radius 3 is 2.24 bits per heavy atom. The van der Waals surface area contributed by atoms with Crippen LogP contribution in [0.1, 0.15) is 23.9 Å². The van der Waals surface area contributed by atoms with E-state index in [2.05, 4.69) is 90.1 Å². The fraction of sp³-hybridized carbons (Fsp3) is 0.438. The predicted octanol–water partition coefficient (Wildman–Crippen LogP) is 5.02. The lowest BCUT2D eigenvalue weighted by atomic mass is 9.80. The SMILES string of the molecule is CCc1cc(CC(CBr)(CBr)c2ccc(Br)cc2)n(C)n1. The largest absolute Gasteiger partial charge is 0.272 e. The van der Waals surface area contributed by atoms with Gasteiger partial charge in [0.1, 0.15) is 0 Å². The number of nitrogens with zero attached hydrogens (tertiary/aromatic N) is 2. The number of hydrogen-bond donors (Lipinski definition) is 0. The van der Waals surface area contributed by atoms with Gasteiger partial charge in [-0.15, -0.1) is 0 Å². The van der Waals surface area contributed by atoms with E-state index in [1.54, 1.807) is 0 Å². The summed E-state index contributed by atoms with van der Waals surface area (Å²) < 4.78 is 3.12. The third kappa shape index (κ3) is 3.80. The number of hydrogen-bond acceptors (Lipinski definition) is 1. The second kappa shape index (κ2) is 7.42. The summed E-state index contributed by atoms with van der Waals surface area (Å²) in [5.74, 6) is 0. The zero-order valence-electron chi connectivity index (χ0n) is 12.2. The molecule has 1 heterocycles. The molecule has 0 unspecified atom stereocenters. The Bertz CT molecular complexity index is 586. The summed E-state index contributed by atoms with van der Waals surface area (Å²) in [7, 11) is 2.03. The lowest BCUT2D eigenvalue weighted by Gasteiger charge is -2.31. The first kappa shape index (κ1) is 17.2. The molecule has 0 spiro atoms. The minimum absolute atomic E-state index is 0.0273. The smallest absolute Gasteiger partial charge is 0.0624 e. The van der Waals surface area contributed by atoms with E-state index in [-0.39, 0.29) is 5.41 Å². The highest BCUT2D eigenvalue weighted by Crippen LogP contribution is 2.33. The van der Waals surface area contributed by atoms with Crippen molar-refractivity contribution in [3.8, 4) is 0 Å². The molecule has 2 nitrogen and oxygen atoms in total. The summed E-state index contributed by atoms with van der Waals surface area (Å²) in [4.78, 5) is 0. The van der Waals surface area contributed by atoms with Crippen molar-refractivity contribution in [3.63, 3.8) is 0 Å². The molecule has 21 heavy (non-hydrogen) atoms.